The largest absolute Gasteiger partial charge is 0.449 e. The zero-order chi connectivity index (χ0) is 16.8. The number of hydrogen-bond acceptors (Lipinski definition) is 4. The van der Waals surface area contributed by atoms with Crippen molar-refractivity contribution >= 4 is 17.6 Å². The fourth-order valence-corrected chi connectivity index (χ4v) is 1.74. The molecular weight excluding hydrogens is 299 g/mol. The predicted molar refractivity (Wildman–Crippen MR) is 81.1 cm³/mol. The van der Waals surface area contributed by atoms with Crippen LogP contribution in [0.15, 0.2) is 48.5 Å². The second-order valence-electron chi connectivity index (χ2n) is 4.73. The molecule has 0 aromatic heterocycles. The van der Waals surface area contributed by atoms with Gasteiger partial charge >= 0.3 is 5.97 Å². The van der Waals surface area contributed by atoms with E-state index in [2.05, 4.69) is 5.32 Å². The molecule has 5 nitrogen and oxygen atoms in total. The summed E-state index contributed by atoms with van der Waals surface area (Å²) in [6.45, 7) is 1.43. The van der Waals surface area contributed by atoms with Gasteiger partial charge in [0.05, 0.1) is 17.2 Å². The van der Waals surface area contributed by atoms with E-state index in [0.29, 0.717) is 11.3 Å². The molecule has 0 saturated carbocycles. The first-order valence-electron chi connectivity index (χ1n) is 6.77. The number of rotatable bonds is 4. The Morgan fingerprint density at radius 3 is 2.30 bits per heavy atom. The van der Waals surface area contributed by atoms with Crippen LogP contribution in [0, 0.1) is 17.1 Å². The molecule has 0 radical (unpaired) electrons. The number of hydrogen-bond donors (Lipinski definition) is 1. The van der Waals surface area contributed by atoms with E-state index in [1.807, 2.05) is 6.07 Å². The molecule has 0 aliphatic heterocycles. The number of esters is 1. The van der Waals surface area contributed by atoms with Gasteiger partial charge in [-0.15, -0.1) is 0 Å². The lowest BCUT2D eigenvalue weighted by atomic mass is 10.2. The van der Waals surface area contributed by atoms with Crippen molar-refractivity contribution in [3.05, 3.63) is 65.5 Å². The van der Waals surface area contributed by atoms with Crippen molar-refractivity contribution in [2.24, 2.45) is 0 Å². The van der Waals surface area contributed by atoms with Crippen LogP contribution in [-0.2, 0) is 9.53 Å². The Hall–Kier alpha value is -3.20. The number of carbonyl (C=O) groups excluding carboxylic acids is 2. The number of halogens is 1. The van der Waals surface area contributed by atoms with Crippen LogP contribution in [-0.4, -0.2) is 18.0 Å². The molecule has 2 aromatic rings. The summed E-state index contributed by atoms with van der Waals surface area (Å²) in [5, 5.41) is 11.3. The molecule has 1 amide bonds. The standard InChI is InChI=1S/C17H13FN2O3/c1-11(23-17(22)13-4-6-14(18)7-5-13)16(21)20-15-8-2-12(10-19)3-9-15/h2-9,11H,1H3,(H,20,21)/t11-/m1/s1. The van der Waals surface area contributed by atoms with Crippen LogP contribution in [0.1, 0.15) is 22.8 Å². The maximum Gasteiger partial charge on any atom is 0.338 e. The van der Waals surface area contributed by atoms with Gasteiger partial charge in [-0.2, -0.15) is 5.26 Å². The summed E-state index contributed by atoms with van der Waals surface area (Å²) in [4.78, 5) is 23.8. The molecule has 0 bridgehead atoms. The number of carbonyl (C=O) groups is 2. The first-order chi connectivity index (χ1) is 11.0. The minimum atomic E-state index is -1.02. The van der Waals surface area contributed by atoms with Crippen molar-refractivity contribution < 1.29 is 18.7 Å². The number of benzene rings is 2. The molecule has 0 saturated heterocycles. The number of nitriles is 1. The highest BCUT2D eigenvalue weighted by Crippen LogP contribution is 2.11. The van der Waals surface area contributed by atoms with E-state index >= 15 is 0 Å². The van der Waals surface area contributed by atoms with Crippen LogP contribution in [0.4, 0.5) is 10.1 Å². The smallest absolute Gasteiger partial charge is 0.338 e. The van der Waals surface area contributed by atoms with Crippen LogP contribution in [0.5, 0.6) is 0 Å². The minimum Gasteiger partial charge on any atom is -0.449 e. The molecule has 2 rings (SSSR count). The lowest BCUT2D eigenvalue weighted by Crippen LogP contribution is -2.30. The van der Waals surface area contributed by atoms with Crippen LogP contribution >= 0.6 is 0 Å². The Bertz CT molecular complexity index is 749. The fourth-order valence-electron chi connectivity index (χ4n) is 1.74. The van der Waals surface area contributed by atoms with Gasteiger partial charge in [-0.1, -0.05) is 0 Å². The molecule has 0 aliphatic carbocycles. The molecule has 1 atom stereocenters. The van der Waals surface area contributed by atoms with Gasteiger partial charge in [0, 0.05) is 5.69 Å². The van der Waals surface area contributed by atoms with Crippen molar-refractivity contribution in [3.63, 3.8) is 0 Å². The Balaban J connectivity index is 1.95. The van der Waals surface area contributed by atoms with E-state index in [1.54, 1.807) is 24.3 Å². The van der Waals surface area contributed by atoms with Gasteiger partial charge in [0.15, 0.2) is 6.10 Å². The second-order valence-corrected chi connectivity index (χ2v) is 4.73. The van der Waals surface area contributed by atoms with E-state index in [9.17, 15) is 14.0 Å². The van der Waals surface area contributed by atoms with E-state index < -0.39 is 23.8 Å². The number of amides is 1. The normalized spacial score (nSPS) is 11.2. The molecule has 116 valence electrons. The van der Waals surface area contributed by atoms with E-state index in [4.69, 9.17) is 10.00 Å². The van der Waals surface area contributed by atoms with Crippen molar-refractivity contribution in [3.8, 4) is 6.07 Å². The van der Waals surface area contributed by atoms with Crippen LogP contribution in [0.3, 0.4) is 0 Å². The minimum absolute atomic E-state index is 0.157. The van der Waals surface area contributed by atoms with Gasteiger partial charge in [0.25, 0.3) is 5.91 Å². The topological polar surface area (TPSA) is 79.2 Å². The van der Waals surface area contributed by atoms with Crippen LogP contribution < -0.4 is 5.32 Å². The predicted octanol–water partition coefficient (Wildman–Crippen LogP) is 2.88. The SMILES string of the molecule is C[C@@H](OC(=O)c1ccc(F)cc1)C(=O)Nc1ccc(C#N)cc1. The van der Waals surface area contributed by atoms with Gasteiger partial charge in [0.2, 0.25) is 0 Å². The maximum absolute atomic E-state index is 12.8. The lowest BCUT2D eigenvalue weighted by Gasteiger charge is -2.13. The average molecular weight is 312 g/mol. The van der Waals surface area contributed by atoms with E-state index in [-0.39, 0.29) is 5.56 Å². The highest BCUT2D eigenvalue weighted by atomic mass is 19.1. The molecule has 2 aromatic carbocycles. The van der Waals surface area contributed by atoms with Crippen molar-refractivity contribution in [2.45, 2.75) is 13.0 Å². The third-order valence-electron chi connectivity index (χ3n) is 3.01. The van der Waals surface area contributed by atoms with Crippen molar-refractivity contribution in [1.29, 1.82) is 5.26 Å². The summed E-state index contributed by atoms with van der Waals surface area (Å²) in [6.07, 6.45) is -1.02. The Labute approximate surface area is 132 Å². The quantitative estimate of drug-likeness (QED) is 0.880. The summed E-state index contributed by atoms with van der Waals surface area (Å²) in [6, 6.07) is 13.1. The Kier molecular flexibility index (Phi) is 5.05. The zero-order valence-corrected chi connectivity index (χ0v) is 12.2. The van der Waals surface area contributed by atoms with Crippen molar-refractivity contribution in [1.82, 2.24) is 0 Å². The van der Waals surface area contributed by atoms with E-state index in [0.717, 1.165) is 12.1 Å². The van der Waals surface area contributed by atoms with Crippen LogP contribution in [0.25, 0.3) is 0 Å². The molecule has 1 N–H and O–H groups in total. The average Bonchev–Trinajstić information content (AvgIpc) is 2.56. The first-order valence-corrected chi connectivity index (χ1v) is 6.77. The first kappa shape index (κ1) is 16.2. The third-order valence-corrected chi connectivity index (χ3v) is 3.01. The van der Waals surface area contributed by atoms with Gasteiger partial charge < -0.3 is 10.1 Å². The van der Waals surface area contributed by atoms with Crippen molar-refractivity contribution in [2.75, 3.05) is 5.32 Å². The molecule has 0 aliphatic rings. The summed E-state index contributed by atoms with van der Waals surface area (Å²) in [5.74, 6) is -1.69. The molecule has 6 heteroatoms. The summed E-state index contributed by atoms with van der Waals surface area (Å²) in [5.41, 5.74) is 1.11. The molecule has 0 spiro atoms. The van der Waals surface area contributed by atoms with Gasteiger partial charge in [-0.3, -0.25) is 4.79 Å². The molecule has 0 fully saturated rings. The summed E-state index contributed by atoms with van der Waals surface area (Å²) >= 11 is 0. The summed E-state index contributed by atoms with van der Waals surface area (Å²) < 4.78 is 17.8. The third kappa shape index (κ3) is 4.38. The van der Waals surface area contributed by atoms with Crippen LogP contribution in [0.2, 0.25) is 0 Å². The van der Waals surface area contributed by atoms with Gasteiger partial charge in [-0.05, 0) is 55.5 Å². The molecular formula is C17H13FN2O3. The molecule has 23 heavy (non-hydrogen) atoms. The highest BCUT2D eigenvalue weighted by Gasteiger charge is 2.19. The summed E-state index contributed by atoms with van der Waals surface area (Å²) in [7, 11) is 0. The Morgan fingerprint density at radius 1 is 1.13 bits per heavy atom. The fraction of sp³-hybridized carbons (Fsp3) is 0.118. The number of nitrogens with one attached hydrogen (secondary N) is 1. The lowest BCUT2D eigenvalue weighted by molar-refractivity contribution is -0.123. The number of anilines is 1. The Morgan fingerprint density at radius 2 is 1.74 bits per heavy atom. The highest BCUT2D eigenvalue weighted by molar-refractivity contribution is 5.97. The van der Waals surface area contributed by atoms with Gasteiger partial charge in [-0.25, -0.2) is 9.18 Å². The number of nitrogens with zero attached hydrogens (tertiary/aromatic N) is 1. The zero-order valence-electron chi connectivity index (χ0n) is 12.2. The molecule has 0 unspecified atom stereocenters. The monoisotopic (exact) mass is 312 g/mol. The van der Waals surface area contributed by atoms with Gasteiger partial charge in [0.1, 0.15) is 5.82 Å². The number of ether oxygens (including phenoxy) is 1. The second kappa shape index (κ2) is 7.18. The van der Waals surface area contributed by atoms with E-state index in [1.165, 1.54) is 19.1 Å². The molecule has 0 heterocycles. The maximum atomic E-state index is 12.8.